The van der Waals surface area contributed by atoms with E-state index in [0.29, 0.717) is 17.8 Å². The molecule has 0 bridgehead atoms. The third kappa shape index (κ3) is 2.22. The molecule has 2 heterocycles. The molecule has 0 aromatic rings. The van der Waals surface area contributed by atoms with Crippen LogP contribution in [-0.2, 0) is 9.47 Å². The minimum absolute atomic E-state index is 0.0672. The topological polar surface area (TPSA) is 18.5 Å². The van der Waals surface area contributed by atoms with Gasteiger partial charge in [-0.25, -0.2) is 0 Å². The van der Waals surface area contributed by atoms with Crippen LogP contribution >= 0.6 is 0 Å². The maximum absolute atomic E-state index is 6.70. The molecular formula is C20H32O2. The van der Waals surface area contributed by atoms with E-state index < -0.39 is 0 Å². The first-order valence-electron chi connectivity index (χ1n) is 8.81. The molecule has 2 aliphatic heterocycles. The van der Waals surface area contributed by atoms with Crippen LogP contribution < -0.4 is 0 Å². The lowest BCUT2D eigenvalue weighted by atomic mass is 9.59. The molecule has 1 spiro atoms. The third-order valence-corrected chi connectivity index (χ3v) is 6.67. The van der Waals surface area contributed by atoms with Gasteiger partial charge in [0.2, 0.25) is 0 Å². The van der Waals surface area contributed by atoms with Crippen LogP contribution in [0.25, 0.3) is 0 Å². The minimum atomic E-state index is -0.376. The van der Waals surface area contributed by atoms with Crippen LogP contribution in [0.2, 0.25) is 0 Å². The molecule has 0 N–H and O–H groups in total. The van der Waals surface area contributed by atoms with E-state index in [9.17, 15) is 0 Å². The molecular weight excluding hydrogens is 272 g/mol. The molecule has 124 valence electrons. The van der Waals surface area contributed by atoms with Crippen LogP contribution in [0.15, 0.2) is 24.8 Å². The van der Waals surface area contributed by atoms with Gasteiger partial charge in [-0.15, -0.1) is 6.58 Å². The van der Waals surface area contributed by atoms with Gasteiger partial charge in [-0.05, 0) is 51.4 Å². The highest BCUT2D eigenvalue weighted by molar-refractivity contribution is 5.18. The van der Waals surface area contributed by atoms with Gasteiger partial charge in [0.25, 0.3) is 0 Å². The number of hydrogen-bond acceptors (Lipinski definition) is 2. The third-order valence-electron chi connectivity index (χ3n) is 6.67. The van der Waals surface area contributed by atoms with Gasteiger partial charge in [-0.3, -0.25) is 0 Å². The Bertz CT molecular complexity index is 494. The molecule has 2 saturated heterocycles. The quantitative estimate of drug-likeness (QED) is 0.661. The molecule has 0 aromatic carbocycles. The summed E-state index contributed by atoms with van der Waals surface area (Å²) in [5.41, 5.74) is 1.24. The lowest BCUT2D eigenvalue weighted by molar-refractivity contribution is -0.256. The highest BCUT2D eigenvalue weighted by Gasteiger charge is 2.62. The molecule has 1 saturated carbocycles. The van der Waals surface area contributed by atoms with Gasteiger partial charge in [-0.1, -0.05) is 32.1 Å². The molecule has 0 radical (unpaired) electrons. The maximum atomic E-state index is 6.70. The van der Waals surface area contributed by atoms with E-state index >= 15 is 0 Å². The van der Waals surface area contributed by atoms with Gasteiger partial charge >= 0.3 is 0 Å². The highest BCUT2D eigenvalue weighted by atomic mass is 16.7. The van der Waals surface area contributed by atoms with Crippen LogP contribution in [0, 0.1) is 23.2 Å². The predicted molar refractivity (Wildman–Crippen MR) is 90.5 cm³/mol. The molecule has 1 aliphatic carbocycles. The molecule has 3 fully saturated rings. The van der Waals surface area contributed by atoms with Crippen LogP contribution in [-0.4, -0.2) is 17.5 Å². The van der Waals surface area contributed by atoms with Gasteiger partial charge in [-0.2, -0.15) is 0 Å². The SMILES string of the molecule is C=C[C@]1(C)CC[C@H]2[C@H](OC3(CCC(C)(C)O3)[C@@H]2C)[C@H]1C(=C)C. The van der Waals surface area contributed by atoms with Crippen molar-refractivity contribution >= 4 is 0 Å². The Balaban J connectivity index is 1.94. The Kier molecular flexibility index (Phi) is 3.66. The number of rotatable bonds is 2. The van der Waals surface area contributed by atoms with Crippen LogP contribution in [0.1, 0.15) is 60.3 Å². The van der Waals surface area contributed by atoms with Gasteiger partial charge in [0, 0.05) is 18.3 Å². The first-order chi connectivity index (χ1) is 10.1. The van der Waals surface area contributed by atoms with Crippen LogP contribution in [0.4, 0.5) is 0 Å². The van der Waals surface area contributed by atoms with Crippen molar-refractivity contribution in [3.05, 3.63) is 24.8 Å². The smallest absolute Gasteiger partial charge is 0.172 e. The zero-order valence-corrected chi connectivity index (χ0v) is 14.9. The lowest BCUT2D eigenvalue weighted by Crippen LogP contribution is -2.44. The second kappa shape index (κ2) is 4.95. The fourth-order valence-corrected chi connectivity index (χ4v) is 5.29. The summed E-state index contributed by atoms with van der Waals surface area (Å²) in [6.07, 6.45) is 6.81. The number of ether oxygens (including phenoxy) is 2. The summed E-state index contributed by atoms with van der Waals surface area (Å²) in [6, 6.07) is 0. The summed E-state index contributed by atoms with van der Waals surface area (Å²) in [6.45, 7) is 19.5. The summed E-state index contributed by atoms with van der Waals surface area (Å²) in [5, 5.41) is 0. The van der Waals surface area contributed by atoms with Gasteiger partial charge < -0.3 is 9.47 Å². The first kappa shape index (κ1) is 16.3. The lowest BCUT2D eigenvalue weighted by Gasteiger charge is -2.46. The van der Waals surface area contributed by atoms with Crippen molar-refractivity contribution in [3.8, 4) is 0 Å². The summed E-state index contributed by atoms with van der Waals surface area (Å²) in [5.74, 6) is 0.996. The zero-order chi connectivity index (χ0) is 16.3. The highest BCUT2D eigenvalue weighted by Crippen LogP contribution is 2.60. The van der Waals surface area contributed by atoms with Gasteiger partial charge in [0.15, 0.2) is 5.79 Å². The molecule has 2 heteroatoms. The fourth-order valence-electron chi connectivity index (χ4n) is 5.29. The van der Waals surface area contributed by atoms with Gasteiger partial charge in [0.05, 0.1) is 11.7 Å². The normalized spacial score (nSPS) is 50.0. The largest absolute Gasteiger partial charge is 0.345 e. The van der Waals surface area contributed by atoms with E-state index in [1.54, 1.807) is 0 Å². The predicted octanol–water partition coefficient (Wildman–Crippen LogP) is 5.10. The second-order valence-corrected chi connectivity index (χ2v) is 8.78. The van der Waals surface area contributed by atoms with Crippen LogP contribution in [0.5, 0.6) is 0 Å². The number of hydrogen-bond donors (Lipinski definition) is 0. The fraction of sp³-hybridized carbons (Fsp3) is 0.800. The molecule has 2 nitrogen and oxygen atoms in total. The van der Waals surface area contributed by atoms with Crippen molar-refractivity contribution < 1.29 is 9.47 Å². The summed E-state index contributed by atoms with van der Waals surface area (Å²) >= 11 is 0. The van der Waals surface area contributed by atoms with E-state index in [0.717, 1.165) is 12.8 Å². The summed E-state index contributed by atoms with van der Waals surface area (Å²) in [7, 11) is 0. The van der Waals surface area contributed by atoms with E-state index in [1.165, 1.54) is 18.4 Å². The van der Waals surface area contributed by atoms with Crippen LogP contribution in [0.3, 0.4) is 0 Å². The summed E-state index contributed by atoms with van der Waals surface area (Å²) in [4.78, 5) is 0. The molecule has 3 rings (SSSR count). The molecule has 3 aliphatic rings. The Labute approximate surface area is 136 Å². The van der Waals surface area contributed by atoms with Crippen molar-refractivity contribution in [3.63, 3.8) is 0 Å². The average Bonchev–Trinajstić information content (AvgIpc) is 2.87. The minimum Gasteiger partial charge on any atom is -0.345 e. The van der Waals surface area contributed by atoms with E-state index in [2.05, 4.69) is 53.9 Å². The molecule has 22 heavy (non-hydrogen) atoms. The van der Waals surface area contributed by atoms with Crippen molar-refractivity contribution in [2.75, 3.05) is 0 Å². The first-order valence-corrected chi connectivity index (χ1v) is 8.81. The van der Waals surface area contributed by atoms with Crippen molar-refractivity contribution in [2.45, 2.75) is 77.8 Å². The average molecular weight is 304 g/mol. The Hall–Kier alpha value is -0.600. The molecule has 6 atom stereocenters. The van der Waals surface area contributed by atoms with Crippen molar-refractivity contribution in [1.82, 2.24) is 0 Å². The zero-order valence-electron chi connectivity index (χ0n) is 14.9. The maximum Gasteiger partial charge on any atom is 0.172 e. The van der Waals surface area contributed by atoms with Crippen molar-refractivity contribution in [1.29, 1.82) is 0 Å². The second-order valence-electron chi connectivity index (χ2n) is 8.78. The Morgan fingerprint density at radius 1 is 1.18 bits per heavy atom. The van der Waals surface area contributed by atoms with E-state index in [1.807, 2.05) is 0 Å². The monoisotopic (exact) mass is 304 g/mol. The Morgan fingerprint density at radius 2 is 1.86 bits per heavy atom. The van der Waals surface area contributed by atoms with E-state index in [-0.39, 0.29) is 22.9 Å². The van der Waals surface area contributed by atoms with E-state index in [4.69, 9.17) is 9.47 Å². The summed E-state index contributed by atoms with van der Waals surface area (Å²) < 4.78 is 13.2. The Morgan fingerprint density at radius 3 is 2.36 bits per heavy atom. The number of fused-ring (bicyclic) bond motifs is 1. The standard InChI is InChI=1S/C20H32O2/c1-8-19(7)10-9-15-14(4)20(12-11-18(5,6)22-20)21-17(15)16(19)13(2)3/h8,14-17H,1-2,9-12H2,3-7H3/t14-,15-,16-,17+,19-,20?/m1/s1. The van der Waals surface area contributed by atoms with Crippen molar-refractivity contribution in [2.24, 2.45) is 23.2 Å². The molecule has 1 unspecified atom stereocenters. The molecule has 0 amide bonds. The molecule has 0 aromatic heterocycles. The number of allylic oxidation sites excluding steroid dienone is 1. The van der Waals surface area contributed by atoms with Gasteiger partial charge in [0.1, 0.15) is 0 Å².